The van der Waals surface area contributed by atoms with Crippen LogP contribution < -0.4 is 11.1 Å². The Kier molecular flexibility index (Phi) is 4.10. The van der Waals surface area contributed by atoms with Gasteiger partial charge in [-0.2, -0.15) is 0 Å². The van der Waals surface area contributed by atoms with Crippen LogP contribution in [0.2, 0.25) is 0 Å². The van der Waals surface area contributed by atoms with Gasteiger partial charge < -0.3 is 11.1 Å². The fourth-order valence-electron chi connectivity index (χ4n) is 1.13. The van der Waals surface area contributed by atoms with Gasteiger partial charge in [-0.3, -0.25) is 4.79 Å². The summed E-state index contributed by atoms with van der Waals surface area (Å²) in [6, 6.07) is 1.98. The maximum atomic E-state index is 11.3. The second kappa shape index (κ2) is 5.12. The van der Waals surface area contributed by atoms with Crippen molar-refractivity contribution in [2.45, 2.75) is 32.9 Å². The van der Waals surface area contributed by atoms with Gasteiger partial charge in [-0.15, -0.1) is 11.3 Å². The van der Waals surface area contributed by atoms with Gasteiger partial charge in [-0.25, -0.2) is 0 Å². The molecule has 0 aliphatic rings. The van der Waals surface area contributed by atoms with E-state index in [4.69, 9.17) is 5.73 Å². The van der Waals surface area contributed by atoms with Gasteiger partial charge in [0.25, 0.3) is 0 Å². The fraction of sp³-hybridized carbons (Fsp3) is 0.500. The van der Waals surface area contributed by atoms with E-state index in [-0.39, 0.29) is 11.9 Å². The Labute approximate surface area is 88.3 Å². The summed E-state index contributed by atoms with van der Waals surface area (Å²) >= 11 is 1.66. The van der Waals surface area contributed by atoms with Crippen LogP contribution in [-0.4, -0.2) is 11.9 Å². The zero-order chi connectivity index (χ0) is 10.6. The summed E-state index contributed by atoms with van der Waals surface area (Å²) in [4.78, 5) is 12.5. The van der Waals surface area contributed by atoms with E-state index < -0.39 is 0 Å². The second-order valence-corrected chi connectivity index (χ2v) is 4.49. The van der Waals surface area contributed by atoms with Crippen molar-refractivity contribution in [3.8, 4) is 0 Å². The summed E-state index contributed by atoms with van der Waals surface area (Å²) in [6.45, 7) is 4.49. The van der Waals surface area contributed by atoms with Crippen LogP contribution >= 0.6 is 11.3 Å². The van der Waals surface area contributed by atoms with Crippen LogP contribution in [-0.2, 0) is 11.3 Å². The summed E-state index contributed by atoms with van der Waals surface area (Å²) in [6.07, 6.45) is 0.393. The number of aryl methyl sites for hydroxylation is 1. The Hall–Kier alpha value is -0.870. The van der Waals surface area contributed by atoms with Crippen molar-refractivity contribution in [2.75, 3.05) is 0 Å². The Morgan fingerprint density at radius 2 is 2.43 bits per heavy atom. The van der Waals surface area contributed by atoms with Gasteiger partial charge in [0.05, 0.1) is 6.54 Å². The smallest absolute Gasteiger partial charge is 0.221 e. The largest absolute Gasteiger partial charge is 0.351 e. The molecule has 0 aromatic carbocycles. The van der Waals surface area contributed by atoms with Crippen LogP contribution in [0.25, 0.3) is 0 Å². The molecule has 4 heteroatoms. The van der Waals surface area contributed by atoms with E-state index in [0.717, 1.165) is 0 Å². The molecule has 0 saturated carbocycles. The van der Waals surface area contributed by atoms with E-state index in [1.54, 1.807) is 11.3 Å². The number of nitrogens with two attached hydrogens (primary N) is 1. The lowest BCUT2D eigenvalue weighted by molar-refractivity contribution is -0.121. The predicted octanol–water partition coefficient (Wildman–Crippen LogP) is 1.41. The molecule has 1 aromatic rings. The third kappa shape index (κ3) is 3.47. The molecular formula is C10H16N2OS. The molecule has 1 heterocycles. The molecule has 1 amide bonds. The molecular weight excluding hydrogens is 196 g/mol. The summed E-state index contributed by atoms with van der Waals surface area (Å²) in [7, 11) is 0. The average molecular weight is 212 g/mol. The first-order chi connectivity index (χ1) is 6.59. The Morgan fingerprint density at radius 3 is 2.93 bits per heavy atom. The number of hydrogen-bond acceptors (Lipinski definition) is 3. The van der Waals surface area contributed by atoms with E-state index >= 15 is 0 Å². The lowest BCUT2D eigenvalue weighted by atomic mass is 10.2. The van der Waals surface area contributed by atoms with Gasteiger partial charge in [0.1, 0.15) is 0 Å². The maximum Gasteiger partial charge on any atom is 0.221 e. The molecule has 14 heavy (non-hydrogen) atoms. The molecule has 0 saturated heterocycles. The zero-order valence-corrected chi connectivity index (χ0v) is 9.36. The highest BCUT2D eigenvalue weighted by Crippen LogP contribution is 2.14. The van der Waals surface area contributed by atoms with Crippen LogP contribution in [0, 0.1) is 6.92 Å². The van der Waals surface area contributed by atoms with Gasteiger partial charge in [-0.1, -0.05) is 0 Å². The lowest BCUT2D eigenvalue weighted by Crippen LogP contribution is -2.29. The van der Waals surface area contributed by atoms with E-state index in [0.29, 0.717) is 13.0 Å². The summed E-state index contributed by atoms with van der Waals surface area (Å²) in [5.41, 5.74) is 6.75. The first kappa shape index (κ1) is 11.2. The minimum Gasteiger partial charge on any atom is -0.351 e. The van der Waals surface area contributed by atoms with Gasteiger partial charge in [0.15, 0.2) is 0 Å². The number of carbonyl (C=O) groups excluding carboxylic acids is 1. The number of rotatable bonds is 4. The Balaban J connectivity index is 2.34. The highest BCUT2D eigenvalue weighted by Gasteiger charge is 2.05. The molecule has 3 N–H and O–H groups in total. The molecule has 0 fully saturated rings. The highest BCUT2D eigenvalue weighted by molar-refractivity contribution is 7.10. The van der Waals surface area contributed by atoms with Crippen LogP contribution in [0.4, 0.5) is 0 Å². The summed E-state index contributed by atoms with van der Waals surface area (Å²) in [5, 5.41) is 4.88. The van der Waals surface area contributed by atoms with Crippen molar-refractivity contribution in [1.29, 1.82) is 0 Å². The molecule has 78 valence electrons. The van der Waals surface area contributed by atoms with E-state index in [9.17, 15) is 4.79 Å². The Morgan fingerprint density at radius 1 is 1.71 bits per heavy atom. The third-order valence-electron chi connectivity index (χ3n) is 1.92. The SMILES string of the molecule is Cc1ccsc1CNC(=O)CC(C)N. The number of thiophene rings is 1. The first-order valence-electron chi connectivity index (χ1n) is 4.65. The van der Waals surface area contributed by atoms with Crippen molar-refractivity contribution in [1.82, 2.24) is 5.32 Å². The fourth-order valence-corrected chi connectivity index (χ4v) is 1.97. The molecule has 0 aliphatic heterocycles. The van der Waals surface area contributed by atoms with Crippen LogP contribution in [0.5, 0.6) is 0 Å². The number of amides is 1. The zero-order valence-electron chi connectivity index (χ0n) is 8.54. The highest BCUT2D eigenvalue weighted by atomic mass is 32.1. The van der Waals surface area contributed by atoms with E-state index in [2.05, 4.69) is 11.4 Å². The van der Waals surface area contributed by atoms with E-state index in [1.165, 1.54) is 10.4 Å². The lowest BCUT2D eigenvalue weighted by Gasteiger charge is -2.06. The van der Waals surface area contributed by atoms with Crippen molar-refractivity contribution in [2.24, 2.45) is 5.73 Å². The van der Waals surface area contributed by atoms with Gasteiger partial charge in [0, 0.05) is 17.3 Å². The minimum absolute atomic E-state index is 0.0211. The number of carbonyl (C=O) groups is 1. The van der Waals surface area contributed by atoms with Crippen molar-refractivity contribution >= 4 is 17.2 Å². The first-order valence-corrected chi connectivity index (χ1v) is 5.53. The average Bonchev–Trinajstić information content (AvgIpc) is 2.46. The molecule has 3 nitrogen and oxygen atoms in total. The van der Waals surface area contributed by atoms with Crippen LogP contribution in [0.3, 0.4) is 0 Å². The third-order valence-corrected chi connectivity index (χ3v) is 2.94. The van der Waals surface area contributed by atoms with Gasteiger partial charge in [0.2, 0.25) is 5.91 Å². The predicted molar refractivity (Wildman–Crippen MR) is 59.2 cm³/mol. The molecule has 1 atom stereocenters. The number of nitrogens with one attached hydrogen (secondary N) is 1. The molecule has 0 spiro atoms. The Bertz CT molecular complexity index is 307. The van der Waals surface area contributed by atoms with Gasteiger partial charge in [-0.05, 0) is 30.9 Å². The normalized spacial score (nSPS) is 12.5. The van der Waals surface area contributed by atoms with Crippen molar-refractivity contribution in [3.63, 3.8) is 0 Å². The molecule has 1 aromatic heterocycles. The summed E-state index contributed by atoms with van der Waals surface area (Å²) < 4.78 is 0. The van der Waals surface area contributed by atoms with E-state index in [1.807, 2.05) is 19.2 Å². The molecule has 1 unspecified atom stereocenters. The van der Waals surface area contributed by atoms with Crippen LogP contribution in [0.1, 0.15) is 23.8 Å². The quantitative estimate of drug-likeness (QED) is 0.793. The molecule has 1 rings (SSSR count). The van der Waals surface area contributed by atoms with Crippen LogP contribution in [0.15, 0.2) is 11.4 Å². The van der Waals surface area contributed by atoms with Gasteiger partial charge >= 0.3 is 0 Å². The number of hydrogen-bond donors (Lipinski definition) is 2. The van der Waals surface area contributed by atoms with Crippen molar-refractivity contribution < 1.29 is 4.79 Å². The topological polar surface area (TPSA) is 55.1 Å². The monoisotopic (exact) mass is 212 g/mol. The molecule has 0 aliphatic carbocycles. The van der Waals surface area contributed by atoms with Crippen molar-refractivity contribution in [3.05, 3.63) is 21.9 Å². The minimum atomic E-state index is -0.0700. The molecule has 0 radical (unpaired) electrons. The standard InChI is InChI=1S/C10H16N2OS/c1-7-3-4-14-9(7)6-12-10(13)5-8(2)11/h3-4,8H,5-6,11H2,1-2H3,(H,12,13). The second-order valence-electron chi connectivity index (χ2n) is 3.48. The molecule has 0 bridgehead atoms. The maximum absolute atomic E-state index is 11.3. The summed E-state index contributed by atoms with van der Waals surface area (Å²) in [5.74, 6) is 0.0211.